The highest BCUT2D eigenvalue weighted by Crippen LogP contribution is 2.66. The number of nitrogens with zero attached hydrogens (tertiary/aromatic N) is 1. The van der Waals surface area contributed by atoms with E-state index in [9.17, 15) is 0 Å². The average Bonchev–Trinajstić information content (AvgIpc) is 3.69. The molecule has 1 heteroatoms. The van der Waals surface area contributed by atoms with Crippen molar-refractivity contribution in [1.82, 2.24) is 0 Å². The number of hydrogen-bond acceptors (Lipinski definition) is 1. The summed E-state index contributed by atoms with van der Waals surface area (Å²) in [5.41, 5.74) is 25.6. The molecule has 1 spiro atoms. The Balaban J connectivity index is 1.24. The van der Waals surface area contributed by atoms with E-state index in [1.54, 1.807) is 0 Å². The van der Waals surface area contributed by atoms with Crippen molar-refractivity contribution in [3.05, 3.63) is 220 Å². The molecule has 8 aromatic rings. The average molecular weight is 706 g/mol. The van der Waals surface area contributed by atoms with Crippen LogP contribution in [-0.4, -0.2) is 0 Å². The molecule has 10 rings (SSSR count). The maximum absolute atomic E-state index is 2.42. The van der Waals surface area contributed by atoms with E-state index in [-0.39, 0.29) is 0 Å². The van der Waals surface area contributed by atoms with Gasteiger partial charge in [-0.15, -0.1) is 0 Å². The molecule has 2 aliphatic carbocycles. The van der Waals surface area contributed by atoms with Crippen LogP contribution in [0.25, 0.3) is 44.5 Å². The number of rotatable bonds is 5. The predicted molar refractivity (Wildman–Crippen MR) is 232 cm³/mol. The summed E-state index contributed by atoms with van der Waals surface area (Å²) in [5.74, 6) is 0. The van der Waals surface area contributed by atoms with Crippen molar-refractivity contribution in [2.75, 3.05) is 4.90 Å². The van der Waals surface area contributed by atoms with Gasteiger partial charge in [-0.3, -0.25) is 0 Å². The third-order valence-corrected chi connectivity index (χ3v) is 12.2. The van der Waals surface area contributed by atoms with Gasteiger partial charge in [-0.2, -0.15) is 0 Å². The second-order valence-corrected chi connectivity index (χ2v) is 15.6. The number of benzene rings is 8. The number of para-hydroxylation sites is 1. The summed E-state index contributed by atoms with van der Waals surface area (Å²) in [6.45, 7) is 11.4. The van der Waals surface area contributed by atoms with Crippen molar-refractivity contribution in [2.24, 2.45) is 0 Å². The molecule has 1 nitrogen and oxygen atoms in total. The zero-order chi connectivity index (χ0) is 37.4. The van der Waals surface area contributed by atoms with Crippen LogP contribution in [0.2, 0.25) is 0 Å². The molecule has 0 radical (unpaired) electrons. The topological polar surface area (TPSA) is 3.24 Å². The highest BCUT2D eigenvalue weighted by Gasteiger charge is 2.54. The molecule has 0 fully saturated rings. The fourth-order valence-corrected chi connectivity index (χ4v) is 9.94. The minimum Gasteiger partial charge on any atom is -0.310 e. The van der Waals surface area contributed by atoms with E-state index in [1.807, 2.05) is 0 Å². The normalized spacial score (nSPS) is 13.0. The molecule has 2 aliphatic rings. The molecule has 0 aliphatic heterocycles. The van der Waals surface area contributed by atoms with E-state index in [0.717, 1.165) is 17.1 Å². The molecule has 264 valence electrons. The molecule has 8 aromatic carbocycles. The summed E-state index contributed by atoms with van der Waals surface area (Å²) in [5, 5.41) is 0. The molecule has 0 heterocycles. The number of anilines is 3. The van der Waals surface area contributed by atoms with E-state index in [1.165, 1.54) is 94.6 Å². The van der Waals surface area contributed by atoms with Crippen molar-refractivity contribution < 1.29 is 0 Å². The van der Waals surface area contributed by atoms with Crippen LogP contribution in [-0.2, 0) is 5.41 Å². The van der Waals surface area contributed by atoms with Crippen LogP contribution >= 0.6 is 0 Å². The molecule has 0 amide bonds. The van der Waals surface area contributed by atoms with Crippen molar-refractivity contribution in [1.29, 1.82) is 0 Å². The zero-order valence-corrected chi connectivity index (χ0v) is 32.1. The molecular formula is C54H43N. The Kier molecular flexibility index (Phi) is 7.58. The van der Waals surface area contributed by atoms with Gasteiger partial charge in [0.05, 0.1) is 5.41 Å². The lowest BCUT2D eigenvalue weighted by Gasteiger charge is -2.33. The number of fused-ring (bicyclic) bond motifs is 10. The molecule has 0 atom stereocenters. The van der Waals surface area contributed by atoms with Gasteiger partial charge in [-0.25, -0.2) is 0 Å². The summed E-state index contributed by atoms with van der Waals surface area (Å²) < 4.78 is 0. The number of hydrogen-bond donors (Lipinski definition) is 0. The minimum absolute atomic E-state index is 0.447. The quantitative estimate of drug-likeness (QED) is 0.172. The van der Waals surface area contributed by atoms with E-state index >= 15 is 0 Å². The molecule has 0 saturated heterocycles. The summed E-state index contributed by atoms with van der Waals surface area (Å²) >= 11 is 0. The van der Waals surface area contributed by atoms with Gasteiger partial charge in [-0.1, -0.05) is 133 Å². The Bertz CT molecular complexity index is 2720. The van der Waals surface area contributed by atoms with Crippen LogP contribution < -0.4 is 4.90 Å². The van der Waals surface area contributed by atoms with Gasteiger partial charge in [0.25, 0.3) is 0 Å². The van der Waals surface area contributed by atoms with Crippen molar-refractivity contribution in [3.8, 4) is 44.5 Å². The maximum atomic E-state index is 2.42. The van der Waals surface area contributed by atoms with Crippen molar-refractivity contribution >= 4 is 17.1 Å². The van der Waals surface area contributed by atoms with Crippen molar-refractivity contribution in [3.63, 3.8) is 0 Å². The zero-order valence-electron chi connectivity index (χ0n) is 32.1. The molecule has 0 N–H and O–H groups in total. The minimum atomic E-state index is -0.447. The second kappa shape index (κ2) is 12.6. The molecule has 55 heavy (non-hydrogen) atoms. The Labute approximate surface area is 325 Å². The van der Waals surface area contributed by atoms with Crippen LogP contribution in [0, 0.1) is 34.6 Å². The largest absolute Gasteiger partial charge is 0.310 e. The predicted octanol–water partition coefficient (Wildman–Crippen LogP) is 14.4. The van der Waals surface area contributed by atoms with Gasteiger partial charge >= 0.3 is 0 Å². The Morgan fingerprint density at radius 2 is 0.836 bits per heavy atom. The van der Waals surface area contributed by atoms with Crippen molar-refractivity contribution in [2.45, 2.75) is 40.0 Å². The first-order valence-electron chi connectivity index (χ1n) is 19.4. The summed E-state index contributed by atoms with van der Waals surface area (Å²) in [6, 6.07) is 63.2. The molecule has 0 bridgehead atoms. The maximum Gasteiger partial charge on any atom is 0.0731 e. The highest BCUT2D eigenvalue weighted by molar-refractivity contribution is 6.01. The van der Waals surface area contributed by atoms with Gasteiger partial charge in [0.1, 0.15) is 0 Å². The van der Waals surface area contributed by atoms with Gasteiger partial charge in [0.2, 0.25) is 0 Å². The molecule has 0 saturated carbocycles. The first-order valence-corrected chi connectivity index (χ1v) is 19.4. The van der Waals surface area contributed by atoms with Crippen LogP contribution in [0.15, 0.2) is 170 Å². The third-order valence-electron chi connectivity index (χ3n) is 12.2. The van der Waals surface area contributed by atoms with Crippen LogP contribution in [0.3, 0.4) is 0 Å². The molecule has 0 unspecified atom stereocenters. The fourth-order valence-electron chi connectivity index (χ4n) is 9.94. The lowest BCUT2D eigenvalue weighted by molar-refractivity contribution is 0.794. The summed E-state index contributed by atoms with van der Waals surface area (Å²) in [7, 11) is 0. The van der Waals surface area contributed by atoms with Crippen LogP contribution in [0.5, 0.6) is 0 Å². The van der Waals surface area contributed by atoms with E-state index < -0.39 is 5.41 Å². The first-order chi connectivity index (χ1) is 26.9. The SMILES string of the molecule is Cc1cc(-c2ccc(C)c3c2C2(c4cccc(C)c4-c4c(C)cccc42)c2cccc(C)c2-3)cc(N(c2ccccc2)c2ccc(-c3ccccc3)cc2)c1. The van der Waals surface area contributed by atoms with Crippen LogP contribution in [0.4, 0.5) is 17.1 Å². The van der Waals surface area contributed by atoms with Gasteiger partial charge in [0, 0.05) is 17.1 Å². The smallest absolute Gasteiger partial charge is 0.0731 e. The first kappa shape index (κ1) is 33.2. The highest BCUT2D eigenvalue weighted by atomic mass is 15.1. The third kappa shape index (κ3) is 4.86. The molecular weight excluding hydrogens is 663 g/mol. The fraction of sp³-hybridized carbons (Fsp3) is 0.111. The summed E-state index contributed by atoms with van der Waals surface area (Å²) in [6.07, 6.45) is 0. The Hall–Kier alpha value is -6.44. The van der Waals surface area contributed by atoms with E-state index in [0.29, 0.717) is 0 Å². The van der Waals surface area contributed by atoms with Crippen LogP contribution in [0.1, 0.15) is 50.1 Å². The lowest BCUT2D eigenvalue weighted by atomic mass is 9.68. The molecule has 0 aromatic heterocycles. The Morgan fingerprint density at radius 3 is 1.42 bits per heavy atom. The second-order valence-electron chi connectivity index (χ2n) is 15.6. The Morgan fingerprint density at radius 1 is 0.345 bits per heavy atom. The summed E-state index contributed by atoms with van der Waals surface area (Å²) in [4.78, 5) is 2.40. The van der Waals surface area contributed by atoms with E-state index in [4.69, 9.17) is 0 Å². The van der Waals surface area contributed by atoms with Gasteiger partial charge in [-0.05, 0) is 166 Å². The standard InChI is InChI=1S/C54H43N/c1-34-31-41(33-44(32-34)55(42-20-10-7-11-21-42)43-28-26-40(27-29-43)39-18-8-6-9-19-39)45-30-25-38(5)52-51-37(4)17-14-24-48(51)54(53(45)52)46-22-12-15-35(2)49(46)50-36(3)16-13-23-47(50)54/h6-33H,1-5H3. The lowest BCUT2D eigenvalue weighted by Crippen LogP contribution is -2.27. The number of aryl methyl sites for hydroxylation is 5. The van der Waals surface area contributed by atoms with Gasteiger partial charge in [0.15, 0.2) is 0 Å². The van der Waals surface area contributed by atoms with E-state index in [2.05, 4.69) is 209 Å². The monoisotopic (exact) mass is 705 g/mol. The van der Waals surface area contributed by atoms with Gasteiger partial charge < -0.3 is 4.90 Å².